The van der Waals surface area contributed by atoms with Gasteiger partial charge in [-0.2, -0.15) is 5.10 Å². The van der Waals surface area contributed by atoms with Gasteiger partial charge in [-0.05, 0) is 23.3 Å². The van der Waals surface area contributed by atoms with Crippen molar-refractivity contribution < 1.29 is 24.2 Å². The Morgan fingerprint density at radius 3 is 2.69 bits per heavy atom. The fourth-order valence-electron chi connectivity index (χ4n) is 2.76. The zero-order valence-corrected chi connectivity index (χ0v) is 16.6. The van der Waals surface area contributed by atoms with Crippen molar-refractivity contribution in [1.82, 2.24) is 5.32 Å². The van der Waals surface area contributed by atoms with Gasteiger partial charge in [0.05, 0.1) is 26.9 Å². The second kappa shape index (κ2) is 9.24. The Hall–Kier alpha value is -3.33. The largest absolute Gasteiger partial charge is 0.493 e. The molecule has 1 amide bonds. The Morgan fingerprint density at radius 2 is 1.97 bits per heavy atom. The molecule has 2 aromatic rings. The van der Waals surface area contributed by atoms with E-state index < -0.39 is 11.2 Å². The second-order valence-electron chi connectivity index (χ2n) is 6.00. The van der Waals surface area contributed by atoms with E-state index >= 15 is 0 Å². The first kappa shape index (κ1) is 20.4. The predicted molar refractivity (Wildman–Crippen MR) is 112 cm³/mol. The van der Waals surface area contributed by atoms with Crippen LogP contribution in [0, 0.1) is 0 Å². The molecule has 0 bridgehead atoms. The summed E-state index contributed by atoms with van der Waals surface area (Å²) in [4.78, 5) is 22.5. The lowest BCUT2D eigenvalue weighted by Gasteiger charge is -2.11. The third kappa shape index (κ3) is 4.94. The van der Waals surface area contributed by atoms with Crippen molar-refractivity contribution in [3.63, 3.8) is 0 Å². The van der Waals surface area contributed by atoms with Gasteiger partial charge >= 0.3 is 5.97 Å². The van der Waals surface area contributed by atoms with E-state index in [1.54, 1.807) is 20.4 Å². The fourth-order valence-corrected chi connectivity index (χ4v) is 3.68. The highest BCUT2D eigenvalue weighted by molar-refractivity contribution is 8.15. The summed E-state index contributed by atoms with van der Waals surface area (Å²) < 4.78 is 10.6. The molecule has 2 aromatic carbocycles. The van der Waals surface area contributed by atoms with E-state index in [0.29, 0.717) is 11.5 Å². The highest BCUT2D eigenvalue weighted by Crippen LogP contribution is 2.33. The number of thioether (sulfide) groups is 1. The van der Waals surface area contributed by atoms with Crippen LogP contribution < -0.4 is 14.8 Å². The summed E-state index contributed by atoms with van der Waals surface area (Å²) in [6, 6.07) is 13.3. The number of methoxy groups -OCH3 is 2. The fraction of sp³-hybridized carbons (Fsp3) is 0.200. The van der Waals surface area contributed by atoms with Crippen molar-refractivity contribution in [3.05, 3.63) is 48.0 Å². The summed E-state index contributed by atoms with van der Waals surface area (Å²) in [5.41, 5.74) is 2.66. The molecule has 9 heteroatoms. The number of hydrogen-bond acceptors (Lipinski definition) is 7. The van der Waals surface area contributed by atoms with Crippen LogP contribution in [0.3, 0.4) is 0 Å². The number of nitrogens with one attached hydrogen (secondary N) is 1. The molecule has 8 nitrogen and oxygen atoms in total. The number of benzene rings is 2. The Kier molecular flexibility index (Phi) is 6.50. The lowest BCUT2D eigenvalue weighted by Crippen LogP contribution is -2.26. The van der Waals surface area contributed by atoms with Crippen molar-refractivity contribution in [2.45, 2.75) is 11.7 Å². The molecule has 29 heavy (non-hydrogen) atoms. The number of carbonyl (C=O) groups is 2. The molecule has 0 radical (unpaired) electrons. The molecule has 0 aliphatic carbocycles. The molecule has 1 unspecified atom stereocenters. The maximum Gasteiger partial charge on any atom is 0.305 e. The number of aliphatic carboxylic acids is 1. The van der Waals surface area contributed by atoms with E-state index in [4.69, 9.17) is 14.6 Å². The number of rotatable bonds is 7. The second-order valence-corrected chi connectivity index (χ2v) is 7.19. The average Bonchev–Trinajstić information content (AvgIpc) is 3.06. The molecule has 1 fully saturated rings. The van der Waals surface area contributed by atoms with E-state index in [1.165, 1.54) is 0 Å². The number of nitrogens with zero attached hydrogens (tertiary/aromatic N) is 2. The average molecular weight is 413 g/mol. The van der Waals surface area contributed by atoms with Crippen LogP contribution in [0.25, 0.3) is 11.1 Å². The standard InChI is InChI=1S/C20H19N3O5S/c1-27-15-8-7-12(9-16(15)28-2)14-6-4-3-5-13(14)11-21-23-20-22-19(26)17(29-20)10-18(24)25/h3-9,11,17H,10H2,1-2H3,(H,24,25)(H,22,23,26). The third-order valence-electron chi connectivity index (χ3n) is 4.14. The van der Waals surface area contributed by atoms with Gasteiger partial charge in [0.25, 0.3) is 0 Å². The topological polar surface area (TPSA) is 110 Å². The third-order valence-corrected chi connectivity index (χ3v) is 5.21. The minimum Gasteiger partial charge on any atom is -0.493 e. The maximum absolute atomic E-state index is 11.8. The summed E-state index contributed by atoms with van der Waals surface area (Å²) >= 11 is 1.06. The number of carbonyl (C=O) groups excluding carboxylic acids is 1. The molecular formula is C20H19N3O5S. The van der Waals surface area contributed by atoms with E-state index in [0.717, 1.165) is 28.5 Å². The van der Waals surface area contributed by atoms with Crippen LogP contribution in [0.4, 0.5) is 0 Å². The Bertz CT molecular complexity index is 990. The molecule has 1 aliphatic heterocycles. The molecular weight excluding hydrogens is 394 g/mol. The van der Waals surface area contributed by atoms with Crippen LogP contribution in [0.1, 0.15) is 12.0 Å². The van der Waals surface area contributed by atoms with Crippen LogP contribution in [0.15, 0.2) is 52.7 Å². The van der Waals surface area contributed by atoms with Gasteiger partial charge in [0, 0.05) is 5.56 Å². The molecule has 0 spiro atoms. The van der Waals surface area contributed by atoms with Gasteiger partial charge in [-0.1, -0.05) is 42.1 Å². The van der Waals surface area contributed by atoms with Crippen molar-refractivity contribution in [1.29, 1.82) is 0 Å². The SMILES string of the molecule is COc1ccc(-c2ccccc2C=NN=C2NC(=O)C(CC(=O)O)S2)cc1OC. The number of hydrogen-bond donors (Lipinski definition) is 2. The first-order chi connectivity index (χ1) is 14.0. The Balaban J connectivity index is 1.81. The molecule has 1 heterocycles. The normalized spacial score (nSPS) is 17.5. The van der Waals surface area contributed by atoms with Crippen molar-refractivity contribution >= 4 is 35.0 Å². The highest BCUT2D eigenvalue weighted by Gasteiger charge is 2.32. The quantitative estimate of drug-likeness (QED) is 0.534. The predicted octanol–water partition coefficient (Wildman–Crippen LogP) is 2.77. The zero-order chi connectivity index (χ0) is 20.8. The summed E-state index contributed by atoms with van der Waals surface area (Å²) in [5.74, 6) is -0.159. The number of ether oxygens (including phenoxy) is 2. The Morgan fingerprint density at radius 1 is 1.21 bits per heavy atom. The van der Waals surface area contributed by atoms with Gasteiger partial charge in [-0.25, -0.2) is 0 Å². The monoisotopic (exact) mass is 413 g/mol. The lowest BCUT2D eigenvalue weighted by molar-refractivity contribution is -0.138. The van der Waals surface area contributed by atoms with Crippen LogP contribution >= 0.6 is 11.8 Å². The van der Waals surface area contributed by atoms with Gasteiger partial charge in [-0.3, -0.25) is 9.59 Å². The first-order valence-electron chi connectivity index (χ1n) is 8.63. The molecule has 3 rings (SSSR count). The minimum atomic E-state index is -1.04. The van der Waals surface area contributed by atoms with Crippen molar-refractivity contribution in [2.75, 3.05) is 14.2 Å². The van der Waals surface area contributed by atoms with Crippen LogP contribution in [-0.2, 0) is 9.59 Å². The van der Waals surface area contributed by atoms with E-state index in [-0.39, 0.29) is 17.5 Å². The number of amidine groups is 1. The molecule has 150 valence electrons. The van der Waals surface area contributed by atoms with Gasteiger partial charge in [0.2, 0.25) is 5.91 Å². The van der Waals surface area contributed by atoms with E-state index in [2.05, 4.69) is 15.5 Å². The van der Waals surface area contributed by atoms with E-state index in [9.17, 15) is 9.59 Å². The molecule has 1 aliphatic rings. The number of carboxylic acids is 1. The number of carboxylic acid groups (broad SMARTS) is 1. The molecule has 0 saturated carbocycles. The van der Waals surface area contributed by atoms with Crippen LogP contribution in [0.2, 0.25) is 0 Å². The van der Waals surface area contributed by atoms with Gasteiger partial charge < -0.3 is 19.9 Å². The minimum absolute atomic E-state index is 0.263. The summed E-state index contributed by atoms with van der Waals surface area (Å²) in [7, 11) is 3.16. The van der Waals surface area contributed by atoms with Gasteiger partial charge in [-0.15, -0.1) is 5.10 Å². The van der Waals surface area contributed by atoms with Crippen molar-refractivity contribution in [3.8, 4) is 22.6 Å². The summed E-state index contributed by atoms with van der Waals surface area (Å²) in [5, 5.41) is 19.0. The van der Waals surface area contributed by atoms with Gasteiger partial charge in [0.15, 0.2) is 16.7 Å². The van der Waals surface area contributed by atoms with Crippen LogP contribution in [-0.4, -0.2) is 47.8 Å². The smallest absolute Gasteiger partial charge is 0.305 e. The molecule has 2 N–H and O–H groups in total. The number of amides is 1. The zero-order valence-electron chi connectivity index (χ0n) is 15.8. The molecule has 1 atom stereocenters. The summed E-state index contributed by atoms with van der Waals surface area (Å²) in [6.45, 7) is 0. The maximum atomic E-state index is 11.8. The molecule has 1 saturated heterocycles. The van der Waals surface area contributed by atoms with Crippen LogP contribution in [0.5, 0.6) is 11.5 Å². The molecule has 0 aromatic heterocycles. The van der Waals surface area contributed by atoms with Crippen molar-refractivity contribution in [2.24, 2.45) is 10.2 Å². The van der Waals surface area contributed by atoms with Gasteiger partial charge in [0.1, 0.15) is 5.25 Å². The summed E-state index contributed by atoms with van der Waals surface area (Å²) in [6.07, 6.45) is 1.32. The highest BCUT2D eigenvalue weighted by atomic mass is 32.2. The Labute approximate surface area is 171 Å². The lowest BCUT2D eigenvalue weighted by atomic mass is 10.00. The van der Waals surface area contributed by atoms with E-state index in [1.807, 2.05) is 42.5 Å². The first-order valence-corrected chi connectivity index (χ1v) is 9.51.